The summed E-state index contributed by atoms with van der Waals surface area (Å²) in [7, 11) is 0. The van der Waals surface area contributed by atoms with Crippen LogP contribution in [0.4, 0.5) is 5.69 Å². The van der Waals surface area contributed by atoms with E-state index in [1.807, 2.05) is 6.92 Å². The highest BCUT2D eigenvalue weighted by molar-refractivity contribution is 5.61. The lowest BCUT2D eigenvalue weighted by atomic mass is 10.1. The predicted molar refractivity (Wildman–Crippen MR) is 71.5 cm³/mol. The minimum Gasteiger partial charge on any atom is -0.384 e. The number of rotatable bonds is 7. The smallest absolute Gasteiger partial charge is 0.0477 e. The van der Waals surface area contributed by atoms with Crippen molar-refractivity contribution in [2.45, 2.75) is 26.3 Å². The molecule has 0 fully saturated rings. The van der Waals surface area contributed by atoms with Crippen LogP contribution in [0, 0.1) is 0 Å². The highest BCUT2D eigenvalue weighted by atomic mass is 16.5. The third kappa shape index (κ3) is 3.45. The zero-order valence-corrected chi connectivity index (χ0v) is 10.6. The monoisotopic (exact) mass is 234 g/mol. The second-order valence-electron chi connectivity index (χ2n) is 4.36. The first-order valence-electron chi connectivity index (χ1n) is 6.55. The first-order valence-corrected chi connectivity index (χ1v) is 6.55. The maximum absolute atomic E-state index is 5.31. The minimum absolute atomic E-state index is 0.816. The molecule has 0 aliphatic carbocycles. The number of fused-ring (bicyclic) bond motifs is 1. The number of benzene rings is 1. The van der Waals surface area contributed by atoms with Gasteiger partial charge in [-0.05, 0) is 37.4 Å². The molecule has 0 spiro atoms. The summed E-state index contributed by atoms with van der Waals surface area (Å²) in [6, 6.07) is 6.57. The van der Waals surface area contributed by atoms with Crippen LogP contribution in [0.15, 0.2) is 18.2 Å². The van der Waals surface area contributed by atoms with Gasteiger partial charge in [0.25, 0.3) is 0 Å². The minimum atomic E-state index is 0.816. The average Bonchev–Trinajstić information content (AvgIpc) is 2.82. The van der Waals surface area contributed by atoms with Gasteiger partial charge >= 0.3 is 0 Å². The summed E-state index contributed by atoms with van der Waals surface area (Å²) in [5, 5.41) is 6.94. The van der Waals surface area contributed by atoms with Gasteiger partial charge in [0.15, 0.2) is 0 Å². The molecule has 0 amide bonds. The van der Waals surface area contributed by atoms with Crippen LogP contribution in [0.25, 0.3) is 0 Å². The van der Waals surface area contributed by atoms with Crippen LogP contribution >= 0.6 is 0 Å². The normalized spacial score (nSPS) is 13.5. The SMILES string of the molecule is CCOCCCNCc1cccc2c1NCC2. The Hall–Kier alpha value is -1.06. The molecule has 3 nitrogen and oxygen atoms in total. The molecule has 0 bridgehead atoms. The summed E-state index contributed by atoms with van der Waals surface area (Å²) >= 11 is 0. The van der Waals surface area contributed by atoms with E-state index in [2.05, 4.69) is 28.8 Å². The summed E-state index contributed by atoms with van der Waals surface area (Å²) in [4.78, 5) is 0. The van der Waals surface area contributed by atoms with Crippen LogP contribution in [0.5, 0.6) is 0 Å². The summed E-state index contributed by atoms with van der Waals surface area (Å²) in [6.07, 6.45) is 2.24. The molecule has 3 heteroatoms. The van der Waals surface area contributed by atoms with Crippen molar-refractivity contribution in [3.63, 3.8) is 0 Å². The molecule has 1 aromatic carbocycles. The molecule has 1 aliphatic rings. The summed E-state index contributed by atoms with van der Waals surface area (Å²) in [6.45, 7) is 6.75. The number of hydrogen-bond donors (Lipinski definition) is 2. The third-order valence-corrected chi connectivity index (χ3v) is 3.09. The molecule has 0 saturated heterocycles. The van der Waals surface area contributed by atoms with Gasteiger partial charge in [-0.15, -0.1) is 0 Å². The van der Waals surface area contributed by atoms with Crippen molar-refractivity contribution < 1.29 is 4.74 Å². The molecule has 0 unspecified atom stereocenters. The molecule has 17 heavy (non-hydrogen) atoms. The van der Waals surface area contributed by atoms with Gasteiger partial charge in [0.05, 0.1) is 0 Å². The van der Waals surface area contributed by atoms with Crippen molar-refractivity contribution in [2.75, 3.05) is 31.6 Å². The van der Waals surface area contributed by atoms with Crippen molar-refractivity contribution in [1.29, 1.82) is 0 Å². The third-order valence-electron chi connectivity index (χ3n) is 3.09. The lowest BCUT2D eigenvalue weighted by Crippen LogP contribution is -2.17. The first kappa shape index (κ1) is 12.4. The summed E-state index contributed by atoms with van der Waals surface area (Å²) < 4.78 is 5.31. The van der Waals surface area contributed by atoms with E-state index in [4.69, 9.17) is 4.74 Å². The van der Waals surface area contributed by atoms with Gasteiger partial charge in [0, 0.05) is 32.0 Å². The van der Waals surface area contributed by atoms with E-state index in [1.54, 1.807) is 0 Å². The van der Waals surface area contributed by atoms with E-state index in [0.717, 1.165) is 45.7 Å². The summed E-state index contributed by atoms with van der Waals surface area (Å²) in [5.41, 5.74) is 4.19. The maximum atomic E-state index is 5.31. The highest BCUT2D eigenvalue weighted by Gasteiger charge is 2.12. The maximum Gasteiger partial charge on any atom is 0.0477 e. The molecule has 1 heterocycles. The Morgan fingerprint density at radius 3 is 3.24 bits per heavy atom. The van der Waals surface area contributed by atoms with Crippen LogP contribution in [-0.2, 0) is 17.7 Å². The van der Waals surface area contributed by atoms with E-state index >= 15 is 0 Å². The second-order valence-corrected chi connectivity index (χ2v) is 4.36. The zero-order chi connectivity index (χ0) is 11.9. The molecule has 0 radical (unpaired) electrons. The number of hydrogen-bond acceptors (Lipinski definition) is 3. The zero-order valence-electron chi connectivity index (χ0n) is 10.6. The molecular formula is C14H22N2O. The molecular weight excluding hydrogens is 212 g/mol. The molecule has 0 saturated carbocycles. The highest BCUT2D eigenvalue weighted by Crippen LogP contribution is 2.25. The van der Waals surface area contributed by atoms with Crippen LogP contribution in [0.3, 0.4) is 0 Å². The second kappa shape index (κ2) is 6.62. The largest absolute Gasteiger partial charge is 0.384 e. The Kier molecular flexibility index (Phi) is 4.83. The molecule has 1 aliphatic heterocycles. The molecule has 2 N–H and O–H groups in total. The molecule has 0 atom stereocenters. The van der Waals surface area contributed by atoms with Crippen LogP contribution in [0.1, 0.15) is 24.5 Å². The van der Waals surface area contributed by atoms with Gasteiger partial charge in [0.2, 0.25) is 0 Å². The Morgan fingerprint density at radius 2 is 2.35 bits per heavy atom. The predicted octanol–water partition coefficient (Wildman–Crippen LogP) is 2.17. The molecule has 1 aromatic rings. The average molecular weight is 234 g/mol. The Balaban J connectivity index is 1.74. The van der Waals surface area contributed by atoms with Crippen LogP contribution in [0.2, 0.25) is 0 Å². The Labute approximate surface area is 104 Å². The van der Waals surface area contributed by atoms with Gasteiger partial charge in [-0.25, -0.2) is 0 Å². The Morgan fingerprint density at radius 1 is 1.41 bits per heavy atom. The lowest BCUT2D eigenvalue weighted by molar-refractivity contribution is 0.144. The van der Waals surface area contributed by atoms with E-state index in [9.17, 15) is 0 Å². The van der Waals surface area contributed by atoms with E-state index < -0.39 is 0 Å². The number of para-hydroxylation sites is 1. The van der Waals surface area contributed by atoms with Crippen molar-refractivity contribution in [3.05, 3.63) is 29.3 Å². The lowest BCUT2D eigenvalue weighted by Gasteiger charge is -2.10. The van der Waals surface area contributed by atoms with Crippen molar-refractivity contribution >= 4 is 5.69 Å². The van der Waals surface area contributed by atoms with E-state index in [-0.39, 0.29) is 0 Å². The topological polar surface area (TPSA) is 33.3 Å². The molecule has 2 rings (SSSR count). The number of nitrogens with one attached hydrogen (secondary N) is 2. The van der Waals surface area contributed by atoms with Crippen molar-refractivity contribution in [3.8, 4) is 0 Å². The fourth-order valence-corrected chi connectivity index (χ4v) is 2.22. The fraction of sp³-hybridized carbons (Fsp3) is 0.571. The van der Waals surface area contributed by atoms with Crippen molar-refractivity contribution in [2.24, 2.45) is 0 Å². The van der Waals surface area contributed by atoms with Crippen LogP contribution < -0.4 is 10.6 Å². The Bertz CT molecular complexity index is 352. The molecule has 0 aromatic heterocycles. The number of anilines is 1. The molecule has 94 valence electrons. The summed E-state index contributed by atoms with van der Waals surface area (Å²) in [5.74, 6) is 0. The van der Waals surface area contributed by atoms with Crippen molar-refractivity contribution in [1.82, 2.24) is 5.32 Å². The fourth-order valence-electron chi connectivity index (χ4n) is 2.22. The van der Waals surface area contributed by atoms with E-state index in [1.165, 1.54) is 16.8 Å². The van der Waals surface area contributed by atoms with Crippen LogP contribution in [-0.4, -0.2) is 26.3 Å². The first-order chi connectivity index (χ1) is 8.42. The van der Waals surface area contributed by atoms with Gasteiger partial charge in [-0.1, -0.05) is 18.2 Å². The van der Waals surface area contributed by atoms with Gasteiger partial charge < -0.3 is 15.4 Å². The quantitative estimate of drug-likeness (QED) is 0.709. The number of ether oxygens (including phenoxy) is 1. The van der Waals surface area contributed by atoms with Gasteiger partial charge in [0.1, 0.15) is 0 Å². The van der Waals surface area contributed by atoms with Gasteiger partial charge in [-0.2, -0.15) is 0 Å². The van der Waals surface area contributed by atoms with Gasteiger partial charge in [-0.3, -0.25) is 0 Å². The van der Waals surface area contributed by atoms with E-state index in [0.29, 0.717) is 0 Å². The standard InChI is InChI=1S/C14H22N2O/c1-2-17-10-4-8-15-11-13-6-3-5-12-7-9-16-14(12)13/h3,5-6,15-16H,2,4,7-11H2,1H3.